The molecule has 2 atom stereocenters. The van der Waals surface area contributed by atoms with Crippen LogP contribution < -0.4 is 5.73 Å². The fraction of sp³-hybridized carbons (Fsp3) is 0.625. The van der Waals surface area contributed by atoms with Gasteiger partial charge in [0.15, 0.2) is 0 Å². The molecule has 2 N–H and O–H groups in total. The Morgan fingerprint density at radius 2 is 2.00 bits per heavy atom. The van der Waals surface area contributed by atoms with Crippen molar-refractivity contribution >= 4 is 0 Å². The van der Waals surface area contributed by atoms with Crippen molar-refractivity contribution in [2.75, 3.05) is 13.6 Å². The van der Waals surface area contributed by atoms with Gasteiger partial charge in [-0.3, -0.25) is 4.90 Å². The maximum atomic E-state index is 13.3. The molecule has 0 bridgehead atoms. The van der Waals surface area contributed by atoms with Crippen molar-refractivity contribution in [2.45, 2.75) is 51.0 Å². The third-order valence-electron chi connectivity index (χ3n) is 4.30. The molecule has 1 saturated heterocycles. The van der Waals surface area contributed by atoms with Gasteiger partial charge in [-0.2, -0.15) is 0 Å². The van der Waals surface area contributed by atoms with Crippen LogP contribution in [0.4, 0.5) is 4.39 Å². The zero-order valence-corrected chi connectivity index (χ0v) is 12.6. The van der Waals surface area contributed by atoms with Crippen LogP contribution in [-0.4, -0.2) is 36.2 Å². The molecule has 1 aromatic rings. The standard InChI is InChI=1S/C16H25FN2O/c1-12-8-16(11-18,9-13(2)20-12)19(3)10-14-5-4-6-15(17)7-14/h4-7,12-13H,8-11,18H2,1-3H3. The Labute approximate surface area is 120 Å². The Hall–Kier alpha value is -0.970. The average molecular weight is 280 g/mol. The van der Waals surface area contributed by atoms with Crippen LogP contribution in [-0.2, 0) is 11.3 Å². The quantitative estimate of drug-likeness (QED) is 0.921. The lowest BCUT2D eigenvalue weighted by molar-refractivity contribution is -0.0994. The van der Waals surface area contributed by atoms with Crippen molar-refractivity contribution in [3.05, 3.63) is 35.6 Å². The van der Waals surface area contributed by atoms with E-state index in [1.165, 1.54) is 6.07 Å². The van der Waals surface area contributed by atoms with Crippen molar-refractivity contribution in [3.8, 4) is 0 Å². The van der Waals surface area contributed by atoms with Crippen LogP contribution in [0.25, 0.3) is 0 Å². The molecule has 0 aromatic heterocycles. The van der Waals surface area contributed by atoms with Gasteiger partial charge < -0.3 is 10.5 Å². The monoisotopic (exact) mass is 280 g/mol. The van der Waals surface area contributed by atoms with Gasteiger partial charge in [0.1, 0.15) is 5.82 Å². The second kappa shape index (κ2) is 6.20. The van der Waals surface area contributed by atoms with Gasteiger partial charge in [-0.1, -0.05) is 12.1 Å². The molecule has 0 aliphatic carbocycles. The fourth-order valence-electron chi connectivity index (χ4n) is 3.36. The summed E-state index contributed by atoms with van der Waals surface area (Å²) in [5, 5.41) is 0. The zero-order valence-electron chi connectivity index (χ0n) is 12.6. The van der Waals surface area contributed by atoms with E-state index in [4.69, 9.17) is 10.5 Å². The minimum atomic E-state index is -0.189. The number of benzene rings is 1. The van der Waals surface area contributed by atoms with E-state index in [0.29, 0.717) is 13.1 Å². The molecular formula is C16H25FN2O. The zero-order chi connectivity index (χ0) is 14.8. The summed E-state index contributed by atoms with van der Waals surface area (Å²) in [5.74, 6) is -0.189. The maximum Gasteiger partial charge on any atom is 0.123 e. The van der Waals surface area contributed by atoms with Crippen LogP contribution in [0.15, 0.2) is 24.3 Å². The third kappa shape index (κ3) is 3.37. The second-order valence-corrected chi connectivity index (χ2v) is 6.08. The first kappa shape index (κ1) is 15.4. The van der Waals surface area contributed by atoms with Crippen molar-refractivity contribution in [1.29, 1.82) is 0 Å². The normalized spacial score (nSPS) is 30.7. The molecule has 3 nitrogen and oxygen atoms in total. The van der Waals surface area contributed by atoms with Gasteiger partial charge in [-0.15, -0.1) is 0 Å². The highest BCUT2D eigenvalue weighted by Crippen LogP contribution is 2.33. The summed E-state index contributed by atoms with van der Waals surface area (Å²) >= 11 is 0. The molecule has 2 unspecified atom stereocenters. The highest BCUT2D eigenvalue weighted by Gasteiger charge is 2.40. The molecule has 0 radical (unpaired) electrons. The van der Waals surface area contributed by atoms with E-state index in [2.05, 4.69) is 25.8 Å². The molecule has 0 saturated carbocycles. The van der Waals surface area contributed by atoms with Crippen LogP contribution >= 0.6 is 0 Å². The minimum absolute atomic E-state index is 0.0661. The number of hydrogen-bond acceptors (Lipinski definition) is 3. The molecule has 1 aromatic carbocycles. The number of halogens is 1. The molecule has 1 aliphatic heterocycles. The molecule has 1 aliphatic rings. The molecule has 2 rings (SSSR count). The molecule has 0 amide bonds. The van der Waals surface area contributed by atoms with Gasteiger partial charge >= 0.3 is 0 Å². The van der Waals surface area contributed by atoms with E-state index in [9.17, 15) is 4.39 Å². The van der Waals surface area contributed by atoms with E-state index in [1.807, 2.05) is 6.07 Å². The Morgan fingerprint density at radius 1 is 1.35 bits per heavy atom. The molecular weight excluding hydrogens is 255 g/mol. The van der Waals surface area contributed by atoms with Crippen molar-refractivity contribution < 1.29 is 9.13 Å². The lowest BCUT2D eigenvalue weighted by Crippen LogP contribution is -2.58. The number of hydrogen-bond donors (Lipinski definition) is 1. The molecule has 1 fully saturated rings. The number of nitrogens with two attached hydrogens (primary N) is 1. The topological polar surface area (TPSA) is 38.5 Å². The maximum absolute atomic E-state index is 13.3. The summed E-state index contributed by atoms with van der Waals surface area (Å²) in [7, 11) is 2.07. The second-order valence-electron chi connectivity index (χ2n) is 6.08. The SMILES string of the molecule is CC1CC(CN)(N(C)Cc2cccc(F)c2)CC(C)O1. The first-order chi connectivity index (χ1) is 9.45. The summed E-state index contributed by atoms with van der Waals surface area (Å²) in [4.78, 5) is 2.26. The summed E-state index contributed by atoms with van der Waals surface area (Å²) < 4.78 is 19.1. The fourth-order valence-corrected chi connectivity index (χ4v) is 3.36. The number of nitrogens with zero attached hydrogens (tertiary/aromatic N) is 1. The van der Waals surface area contributed by atoms with Crippen LogP contribution in [0.2, 0.25) is 0 Å². The molecule has 20 heavy (non-hydrogen) atoms. The van der Waals surface area contributed by atoms with Gasteiger partial charge in [0, 0.05) is 18.6 Å². The van der Waals surface area contributed by atoms with E-state index in [-0.39, 0.29) is 23.6 Å². The summed E-state index contributed by atoms with van der Waals surface area (Å²) in [5.41, 5.74) is 6.99. The number of ether oxygens (including phenoxy) is 1. The first-order valence-corrected chi connectivity index (χ1v) is 7.26. The first-order valence-electron chi connectivity index (χ1n) is 7.26. The molecule has 0 spiro atoms. The van der Waals surface area contributed by atoms with Crippen molar-refractivity contribution in [2.24, 2.45) is 5.73 Å². The summed E-state index contributed by atoms with van der Waals surface area (Å²) in [6, 6.07) is 6.77. The smallest absolute Gasteiger partial charge is 0.123 e. The predicted molar refractivity (Wildman–Crippen MR) is 78.9 cm³/mol. The van der Waals surface area contributed by atoms with Crippen LogP contribution in [0.3, 0.4) is 0 Å². The Kier molecular flexibility index (Phi) is 4.78. The summed E-state index contributed by atoms with van der Waals surface area (Å²) in [6.45, 7) is 5.48. The van der Waals surface area contributed by atoms with Gasteiger partial charge in [0.25, 0.3) is 0 Å². The molecule has 4 heteroatoms. The summed E-state index contributed by atoms with van der Waals surface area (Å²) in [6.07, 6.45) is 2.24. The molecule has 1 heterocycles. The predicted octanol–water partition coefficient (Wildman–Crippen LogP) is 2.54. The molecule has 112 valence electrons. The van der Waals surface area contributed by atoms with Crippen molar-refractivity contribution in [3.63, 3.8) is 0 Å². The highest BCUT2D eigenvalue weighted by atomic mass is 19.1. The van der Waals surface area contributed by atoms with Crippen molar-refractivity contribution in [1.82, 2.24) is 4.90 Å². The largest absolute Gasteiger partial charge is 0.375 e. The van der Waals surface area contributed by atoms with Crippen LogP contribution in [0.1, 0.15) is 32.3 Å². The van der Waals surface area contributed by atoms with Gasteiger partial charge in [0.2, 0.25) is 0 Å². The highest BCUT2D eigenvalue weighted by molar-refractivity contribution is 5.16. The Morgan fingerprint density at radius 3 is 2.55 bits per heavy atom. The van der Waals surface area contributed by atoms with E-state index < -0.39 is 0 Å². The lowest BCUT2D eigenvalue weighted by Gasteiger charge is -2.48. The van der Waals surface area contributed by atoms with E-state index in [0.717, 1.165) is 18.4 Å². The number of rotatable bonds is 4. The third-order valence-corrected chi connectivity index (χ3v) is 4.30. The van der Waals surface area contributed by atoms with E-state index in [1.54, 1.807) is 12.1 Å². The average Bonchev–Trinajstić information content (AvgIpc) is 2.37. The number of likely N-dealkylation sites (N-methyl/N-ethyl adjacent to an activating group) is 1. The Bertz CT molecular complexity index is 442. The minimum Gasteiger partial charge on any atom is -0.375 e. The van der Waals surface area contributed by atoms with Gasteiger partial charge in [-0.05, 0) is 51.4 Å². The van der Waals surface area contributed by atoms with Gasteiger partial charge in [-0.25, -0.2) is 4.39 Å². The van der Waals surface area contributed by atoms with E-state index >= 15 is 0 Å². The lowest BCUT2D eigenvalue weighted by atomic mass is 9.82. The van der Waals surface area contributed by atoms with Crippen LogP contribution in [0.5, 0.6) is 0 Å². The Balaban J connectivity index is 2.14. The van der Waals surface area contributed by atoms with Crippen LogP contribution in [0, 0.1) is 5.82 Å². The van der Waals surface area contributed by atoms with Gasteiger partial charge in [0.05, 0.1) is 12.2 Å².